The summed E-state index contributed by atoms with van der Waals surface area (Å²) in [5.74, 6) is -0.199. The molecule has 2 rings (SSSR count). The Bertz CT molecular complexity index is 668. The van der Waals surface area contributed by atoms with Crippen molar-refractivity contribution in [3.8, 4) is 6.07 Å². The Labute approximate surface area is 115 Å². The molecule has 0 aliphatic heterocycles. The summed E-state index contributed by atoms with van der Waals surface area (Å²) in [4.78, 5) is 14.2. The van der Waals surface area contributed by atoms with Crippen LogP contribution in [0.5, 0.6) is 0 Å². The number of aromatic nitrogens is 2. The Balaban J connectivity index is 2.33. The van der Waals surface area contributed by atoms with Crippen molar-refractivity contribution in [3.63, 3.8) is 0 Å². The van der Waals surface area contributed by atoms with Crippen molar-refractivity contribution in [2.45, 2.75) is 13.0 Å². The number of nitrogens with zero attached hydrogens (tertiary/aromatic N) is 4. The molecule has 1 aromatic carbocycles. The van der Waals surface area contributed by atoms with Gasteiger partial charge in [-0.05, 0) is 21.5 Å². The maximum absolute atomic E-state index is 11.0. The molecule has 20 heavy (non-hydrogen) atoms. The first-order chi connectivity index (χ1) is 9.72. The summed E-state index contributed by atoms with van der Waals surface area (Å²) < 4.78 is 1.61. The molecule has 100 valence electrons. The Hall–Kier alpha value is -2.94. The molecule has 0 N–H and O–H groups in total. The van der Waals surface area contributed by atoms with E-state index in [1.807, 2.05) is 36.4 Å². The number of hydrogen-bond acceptors (Lipinski definition) is 4. The van der Waals surface area contributed by atoms with E-state index in [0.29, 0.717) is 12.2 Å². The van der Waals surface area contributed by atoms with Crippen LogP contribution in [0.4, 0.5) is 5.82 Å². The number of nitro groups is 1. The molecule has 0 radical (unpaired) electrons. The van der Waals surface area contributed by atoms with Crippen molar-refractivity contribution in [2.24, 2.45) is 0 Å². The minimum Gasteiger partial charge on any atom is -0.358 e. The molecule has 0 saturated heterocycles. The molecule has 2 aromatic rings. The second-order valence-corrected chi connectivity index (χ2v) is 4.06. The first-order valence-electron chi connectivity index (χ1n) is 6.02. The van der Waals surface area contributed by atoms with Crippen molar-refractivity contribution in [1.29, 1.82) is 5.26 Å². The van der Waals surface area contributed by atoms with Crippen LogP contribution in [0, 0.1) is 21.4 Å². The fraction of sp³-hybridized carbons (Fsp3) is 0.143. The Morgan fingerprint density at radius 2 is 2.10 bits per heavy atom. The van der Waals surface area contributed by atoms with E-state index in [0.717, 1.165) is 5.56 Å². The van der Waals surface area contributed by atoms with Gasteiger partial charge < -0.3 is 14.7 Å². The predicted molar refractivity (Wildman–Crippen MR) is 74.5 cm³/mol. The first kappa shape index (κ1) is 13.5. The summed E-state index contributed by atoms with van der Waals surface area (Å²) in [5, 5.41) is 19.6. The normalized spacial score (nSPS) is 10.6. The van der Waals surface area contributed by atoms with Crippen LogP contribution in [-0.2, 0) is 6.54 Å². The van der Waals surface area contributed by atoms with E-state index in [9.17, 15) is 10.1 Å². The predicted octanol–water partition coefficient (Wildman–Crippen LogP) is 2.88. The van der Waals surface area contributed by atoms with Gasteiger partial charge in [0.15, 0.2) is 0 Å². The molecule has 0 aliphatic rings. The zero-order valence-electron chi connectivity index (χ0n) is 10.6. The molecule has 0 saturated carbocycles. The highest BCUT2D eigenvalue weighted by atomic mass is 16.6. The topological polar surface area (TPSA) is 84.8 Å². The summed E-state index contributed by atoms with van der Waals surface area (Å²) in [6.45, 7) is 0.381. The van der Waals surface area contributed by atoms with E-state index in [1.54, 1.807) is 16.7 Å². The van der Waals surface area contributed by atoms with Crippen LogP contribution >= 0.6 is 0 Å². The highest BCUT2D eigenvalue weighted by Gasteiger charge is 2.18. The molecular formula is C14H12N4O2. The number of hydrogen-bond donors (Lipinski definition) is 0. The Morgan fingerprint density at radius 3 is 2.75 bits per heavy atom. The molecule has 0 amide bonds. The van der Waals surface area contributed by atoms with Gasteiger partial charge in [0.1, 0.15) is 5.69 Å². The first-order valence-corrected chi connectivity index (χ1v) is 6.02. The number of benzene rings is 1. The molecule has 0 spiro atoms. The number of aryl methyl sites for hydroxylation is 1. The maximum Gasteiger partial charge on any atom is 0.389 e. The quantitative estimate of drug-likeness (QED) is 0.616. The van der Waals surface area contributed by atoms with Crippen LogP contribution in [0.3, 0.4) is 0 Å². The van der Waals surface area contributed by atoms with Gasteiger partial charge in [0.2, 0.25) is 6.33 Å². The highest BCUT2D eigenvalue weighted by Crippen LogP contribution is 2.19. The largest absolute Gasteiger partial charge is 0.389 e. The highest BCUT2D eigenvalue weighted by molar-refractivity contribution is 5.71. The molecule has 0 aliphatic carbocycles. The molecule has 1 aromatic heterocycles. The third-order valence-corrected chi connectivity index (χ3v) is 2.73. The third-order valence-electron chi connectivity index (χ3n) is 2.73. The molecule has 1 heterocycles. The lowest BCUT2D eigenvalue weighted by Crippen LogP contribution is -1.99. The lowest BCUT2D eigenvalue weighted by Gasteiger charge is -2.00. The standard InChI is InChI=1S/C14H12N4O2/c15-9-4-10-17-11-16-14(18(19)20)13(17)8-7-12-5-2-1-3-6-12/h1-3,5-8,11H,4,10H2/b8-7+. The summed E-state index contributed by atoms with van der Waals surface area (Å²) >= 11 is 0. The van der Waals surface area contributed by atoms with Crippen LogP contribution in [0.25, 0.3) is 12.2 Å². The van der Waals surface area contributed by atoms with Gasteiger partial charge in [-0.25, -0.2) is 0 Å². The number of imidazole rings is 1. The number of rotatable bonds is 5. The van der Waals surface area contributed by atoms with Crippen molar-refractivity contribution in [3.05, 3.63) is 58.0 Å². The maximum atomic E-state index is 11.0. The number of nitriles is 1. The van der Waals surface area contributed by atoms with E-state index in [1.165, 1.54) is 6.33 Å². The summed E-state index contributed by atoms with van der Waals surface area (Å²) in [6.07, 6.45) is 5.10. The lowest BCUT2D eigenvalue weighted by atomic mass is 10.2. The summed E-state index contributed by atoms with van der Waals surface area (Å²) in [5.41, 5.74) is 1.34. The zero-order chi connectivity index (χ0) is 14.4. The van der Waals surface area contributed by atoms with E-state index in [-0.39, 0.29) is 12.2 Å². The van der Waals surface area contributed by atoms with Crippen molar-refractivity contribution in [1.82, 2.24) is 9.55 Å². The fourth-order valence-electron chi connectivity index (χ4n) is 1.78. The van der Waals surface area contributed by atoms with Crippen LogP contribution in [0.1, 0.15) is 17.7 Å². The molecular weight excluding hydrogens is 256 g/mol. The van der Waals surface area contributed by atoms with E-state index in [4.69, 9.17) is 5.26 Å². The van der Waals surface area contributed by atoms with Crippen molar-refractivity contribution >= 4 is 18.0 Å². The van der Waals surface area contributed by atoms with Gasteiger partial charge >= 0.3 is 5.82 Å². The lowest BCUT2D eigenvalue weighted by molar-refractivity contribution is -0.389. The summed E-state index contributed by atoms with van der Waals surface area (Å²) in [6, 6.07) is 11.5. The molecule has 6 heteroatoms. The van der Waals surface area contributed by atoms with Gasteiger partial charge in [0, 0.05) is 6.54 Å². The van der Waals surface area contributed by atoms with Crippen molar-refractivity contribution < 1.29 is 4.92 Å². The monoisotopic (exact) mass is 268 g/mol. The van der Waals surface area contributed by atoms with Gasteiger partial charge in [-0.2, -0.15) is 5.26 Å². The average molecular weight is 268 g/mol. The molecule has 0 bridgehead atoms. The van der Waals surface area contributed by atoms with Crippen molar-refractivity contribution in [2.75, 3.05) is 0 Å². The van der Waals surface area contributed by atoms with Gasteiger partial charge in [-0.15, -0.1) is 0 Å². The van der Waals surface area contributed by atoms with Gasteiger partial charge in [0.05, 0.1) is 12.5 Å². The van der Waals surface area contributed by atoms with Gasteiger partial charge in [-0.1, -0.05) is 36.4 Å². The van der Waals surface area contributed by atoms with E-state index in [2.05, 4.69) is 4.98 Å². The van der Waals surface area contributed by atoms with Crippen LogP contribution in [0.2, 0.25) is 0 Å². The smallest absolute Gasteiger partial charge is 0.358 e. The average Bonchev–Trinajstić information content (AvgIpc) is 2.87. The second-order valence-electron chi connectivity index (χ2n) is 4.06. The third kappa shape index (κ3) is 3.09. The molecule has 0 fully saturated rings. The molecule has 0 unspecified atom stereocenters. The van der Waals surface area contributed by atoms with Crippen LogP contribution in [0.15, 0.2) is 36.7 Å². The van der Waals surface area contributed by atoms with Crippen LogP contribution in [-0.4, -0.2) is 14.5 Å². The summed E-state index contributed by atoms with van der Waals surface area (Å²) in [7, 11) is 0. The molecule has 0 atom stereocenters. The Kier molecular flexibility index (Phi) is 4.24. The second kappa shape index (κ2) is 6.29. The minimum absolute atomic E-state index is 0.199. The van der Waals surface area contributed by atoms with E-state index < -0.39 is 4.92 Å². The SMILES string of the molecule is N#CCCn1cnc([N+](=O)[O-])c1/C=C/c1ccccc1. The zero-order valence-corrected chi connectivity index (χ0v) is 10.6. The fourth-order valence-corrected chi connectivity index (χ4v) is 1.78. The van der Waals surface area contributed by atoms with E-state index >= 15 is 0 Å². The van der Waals surface area contributed by atoms with Gasteiger partial charge in [-0.3, -0.25) is 0 Å². The Morgan fingerprint density at radius 1 is 1.35 bits per heavy atom. The van der Waals surface area contributed by atoms with Gasteiger partial charge in [0.25, 0.3) is 0 Å². The van der Waals surface area contributed by atoms with Crippen LogP contribution < -0.4 is 0 Å². The molecule has 6 nitrogen and oxygen atoms in total. The minimum atomic E-state index is -0.520.